The van der Waals surface area contributed by atoms with E-state index in [9.17, 15) is 4.79 Å². The number of rotatable bonds is 4. The number of ether oxygens (including phenoxy) is 1. The smallest absolute Gasteiger partial charge is 0.341 e. The molecule has 0 aliphatic rings. The Morgan fingerprint density at radius 2 is 2.23 bits per heavy atom. The zero-order chi connectivity index (χ0) is 15.7. The van der Waals surface area contributed by atoms with Crippen molar-refractivity contribution in [3.63, 3.8) is 0 Å². The number of hydrogen-bond acceptors (Lipinski definition) is 6. The van der Waals surface area contributed by atoms with Crippen molar-refractivity contribution in [2.24, 2.45) is 0 Å². The fourth-order valence-corrected chi connectivity index (χ4v) is 2.84. The number of imidazole rings is 1. The molecule has 0 spiro atoms. The van der Waals surface area contributed by atoms with Crippen molar-refractivity contribution < 1.29 is 13.9 Å². The van der Waals surface area contributed by atoms with Gasteiger partial charge in [-0.3, -0.25) is 0 Å². The first-order valence-electron chi connectivity index (χ1n) is 6.70. The van der Waals surface area contributed by atoms with Gasteiger partial charge in [0, 0.05) is 18.1 Å². The fourth-order valence-electron chi connectivity index (χ4n) is 2.04. The maximum Gasteiger partial charge on any atom is 0.341 e. The summed E-state index contributed by atoms with van der Waals surface area (Å²) in [6.07, 6.45) is 3.74. The van der Waals surface area contributed by atoms with E-state index in [2.05, 4.69) is 9.97 Å². The van der Waals surface area contributed by atoms with Gasteiger partial charge in [0.05, 0.1) is 18.5 Å². The van der Waals surface area contributed by atoms with Crippen LogP contribution in [0.1, 0.15) is 27.5 Å². The Kier molecular flexibility index (Phi) is 3.89. The van der Waals surface area contributed by atoms with Crippen molar-refractivity contribution in [2.45, 2.75) is 24.8 Å². The highest BCUT2D eigenvalue weighted by Crippen LogP contribution is 2.24. The second kappa shape index (κ2) is 5.84. The number of fused-ring (bicyclic) bond motifs is 1. The predicted octanol–water partition coefficient (Wildman–Crippen LogP) is 3.02. The molecule has 6 nitrogen and oxygen atoms in total. The monoisotopic (exact) mass is 317 g/mol. The number of carbonyl (C=O) groups excluding carboxylic acids is 1. The van der Waals surface area contributed by atoms with Gasteiger partial charge >= 0.3 is 5.97 Å². The average molecular weight is 317 g/mol. The summed E-state index contributed by atoms with van der Waals surface area (Å²) in [5.74, 6) is 1.04. The lowest BCUT2D eigenvalue weighted by Gasteiger charge is -2.00. The zero-order valence-electron chi connectivity index (χ0n) is 12.5. The summed E-state index contributed by atoms with van der Waals surface area (Å²) >= 11 is 1.47. The number of pyridine rings is 1. The maximum atomic E-state index is 11.8. The number of nitrogens with zero attached hydrogens (tertiary/aromatic N) is 3. The lowest BCUT2D eigenvalue weighted by atomic mass is 10.3. The van der Waals surface area contributed by atoms with E-state index in [1.54, 1.807) is 12.1 Å². The van der Waals surface area contributed by atoms with E-state index in [0.29, 0.717) is 22.2 Å². The van der Waals surface area contributed by atoms with Crippen LogP contribution in [0.4, 0.5) is 0 Å². The van der Waals surface area contributed by atoms with Crippen molar-refractivity contribution in [3.05, 3.63) is 47.2 Å². The highest BCUT2D eigenvalue weighted by Gasteiger charge is 2.14. The van der Waals surface area contributed by atoms with E-state index in [1.165, 1.54) is 18.9 Å². The lowest BCUT2D eigenvalue weighted by molar-refractivity contribution is 0.0602. The molecule has 0 bridgehead atoms. The van der Waals surface area contributed by atoms with Crippen LogP contribution in [0, 0.1) is 13.8 Å². The Bertz CT molecular complexity index is 818. The van der Waals surface area contributed by atoms with Gasteiger partial charge < -0.3 is 13.6 Å². The largest absolute Gasteiger partial charge is 0.465 e. The van der Waals surface area contributed by atoms with E-state index in [0.717, 1.165) is 17.1 Å². The molecule has 0 N–H and O–H groups in total. The third kappa shape index (κ3) is 2.71. The highest BCUT2D eigenvalue weighted by atomic mass is 32.2. The van der Waals surface area contributed by atoms with E-state index in [4.69, 9.17) is 9.15 Å². The summed E-state index contributed by atoms with van der Waals surface area (Å²) < 4.78 is 12.1. The van der Waals surface area contributed by atoms with Crippen molar-refractivity contribution >= 4 is 23.4 Å². The molecule has 0 saturated heterocycles. The Morgan fingerprint density at radius 1 is 1.41 bits per heavy atom. The summed E-state index contributed by atoms with van der Waals surface area (Å²) in [7, 11) is 1.36. The number of esters is 1. The van der Waals surface area contributed by atoms with Crippen LogP contribution >= 0.6 is 11.8 Å². The predicted molar refractivity (Wildman–Crippen MR) is 82.1 cm³/mol. The molecule has 0 aliphatic carbocycles. The highest BCUT2D eigenvalue weighted by molar-refractivity contribution is 7.98. The van der Waals surface area contributed by atoms with Gasteiger partial charge in [0.1, 0.15) is 11.3 Å². The van der Waals surface area contributed by atoms with Gasteiger partial charge in [0.25, 0.3) is 5.22 Å². The first-order chi connectivity index (χ1) is 10.6. The molecule has 0 amide bonds. The van der Waals surface area contributed by atoms with Crippen molar-refractivity contribution in [1.82, 2.24) is 14.4 Å². The Morgan fingerprint density at radius 3 is 2.91 bits per heavy atom. The molecule has 7 heteroatoms. The first kappa shape index (κ1) is 14.6. The molecular weight excluding hydrogens is 302 g/mol. The molecule has 3 aromatic rings. The quantitative estimate of drug-likeness (QED) is 0.544. The molecule has 0 radical (unpaired) electrons. The standard InChI is InChI=1S/C15H15N3O3S/c1-9-10(2)21-15(16-9)22-8-11-7-18-6-4-5-12(13(18)17-11)14(19)20-3/h4-7H,8H2,1-3H3. The minimum atomic E-state index is -0.394. The Balaban J connectivity index is 1.84. The van der Waals surface area contributed by atoms with Gasteiger partial charge in [-0.1, -0.05) is 11.8 Å². The average Bonchev–Trinajstić information content (AvgIpc) is 3.07. The first-order valence-corrected chi connectivity index (χ1v) is 7.69. The van der Waals surface area contributed by atoms with Crippen LogP contribution in [-0.2, 0) is 10.5 Å². The molecule has 0 saturated carbocycles. The number of carbonyl (C=O) groups is 1. The minimum Gasteiger partial charge on any atom is -0.465 e. The molecule has 0 aromatic carbocycles. The molecule has 114 valence electrons. The number of aryl methyl sites for hydroxylation is 2. The van der Waals surface area contributed by atoms with Crippen LogP contribution < -0.4 is 0 Å². The van der Waals surface area contributed by atoms with E-state index in [-0.39, 0.29) is 0 Å². The van der Waals surface area contributed by atoms with Crippen LogP contribution in [0.25, 0.3) is 5.65 Å². The molecular formula is C15H15N3O3S. The summed E-state index contributed by atoms with van der Waals surface area (Å²) in [6, 6.07) is 3.49. The summed E-state index contributed by atoms with van der Waals surface area (Å²) in [4.78, 5) is 20.6. The minimum absolute atomic E-state index is 0.394. The number of oxazole rings is 1. The van der Waals surface area contributed by atoms with Crippen LogP contribution in [0.2, 0.25) is 0 Å². The molecule has 3 rings (SSSR count). The van der Waals surface area contributed by atoms with Gasteiger partial charge in [-0.15, -0.1) is 0 Å². The molecule has 22 heavy (non-hydrogen) atoms. The SMILES string of the molecule is COC(=O)c1cccn2cc(CSc3nc(C)c(C)o3)nc12. The van der Waals surface area contributed by atoms with Crippen LogP contribution in [0.5, 0.6) is 0 Å². The molecule has 0 atom stereocenters. The van der Waals surface area contributed by atoms with E-state index < -0.39 is 5.97 Å². The molecule has 3 heterocycles. The molecule has 0 unspecified atom stereocenters. The van der Waals surface area contributed by atoms with Crippen molar-refractivity contribution in [2.75, 3.05) is 7.11 Å². The van der Waals surface area contributed by atoms with Crippen LogP contribution in [0.15, 0.2) is 34.2 Å². The number of hydrogen-bond donors (Lipinski definition) is 0. The normalized spacial score (nSPS) is 11.0. The van der Waals surface area contributed by atoms with Gasteiger partial charge in [-0.2, -0.15) is 0 Å². The van der Waals surface area contributed by atoms with E-state index in [1.807, 2.05) is 30.6 Å². The van der Waals surface area contributed by atoms with E-state index >= 15 is 0 Å². The second-order valence-corrected chi connectivity index (χ2v) is 5.71. The lowest BCUT2D eigenvalue weighted by Crippen LogP contribution is -2.03. The Hall–Kier alpha value is -2.28. The topological polar surface area (TPSA) is 69.6 Å². The van der Waals surface area contributed by atoms with Gasteiger partial charge in [-0.25, -0.2) is 14.8 Å². The summed E-state index contributed by atoms with van der Waals surface area (Å²) in [6.45, 7) is 3.80. The molecule has 0 aliphatic heterocycles. The maximum absolute atomic E-state index is 11.8. The molecule has 3 aromatic heterocycles. The number of thioether (sulfide) groups is 1. The summed E-state index contributed by atoms with van der Waals surface area (Å²) in [5, 5.41) is 0.625. The fraction of sp³-hybridized carbons (Fsp3) is 0.267. The summed E-state index contributed by atoms with van der Waals surface area (Å²) in [5.41, 5.74) is 2.77. The van der Waals surface area contributed by atoms with Gasteiger partial charge in [0.2, 0.25) is 0 Å². The number of methoxy groups -OCH3 is 1. The van der Waals surface area contributed by atoms with Crippen LogP contribution in [0.3, 0.4) is 0 Å². The van der Waals surface area contributed by atoms with Crippen LogP contribution in [-0.4, -0.2) is 27.4 Å². The zero-order valence-corrected chi connectivity index (χ0v) is 13.3. The molecule has 0 fully saturated rings. The number of aromatic nitrogens is 3. The Labute approximate surface area is 131 Å². The van der Waals surface area contributed by atoms with Crippen molar-refractivity contribution in [1.29, 1.82) is 0 Å². The third-order valence-electron chi connectivity index (χ3n) is 3.29. The van der Waals surface area contributed by atoms with Gasteiger partial charge in [-0.05, 0) is 26.0 Å². The van der Waals surface area contributed by atoms with Gasteiger partial charge in [0.15, 0.2) is 5.65 Å². The third-order valence-corrected chi connectivity index (χ3v) is 4.15. The second-order valence-electron chi connectivity index (χ2n) is 4.79. The van der Waals surface area contributed by atoms with Crippen molar-refractivity contribution in [3.8, 4) is 0 Å².